The number of ether oxygens (including phenoxy) is 2. The second kappa shape index (κ2) is 7.59. The van der Waals surface area contributed by atoms with E-state index in [1.807, 2.05) is 0 Å². The number of carbonyl (C=O) groups is 2. The molecular weight excluding hydrogens is 363 g/mol. The summed E-state index contributed by atoms with van der Waals surface area (Å²) < 4.78 is 24.7. The summed E-state index contributed by atoms with van der Waals surface area (Å²) in [5.74, 6) is 0.340. The van der Waals surface area contributed by atoms with Crippen LogP contribution in [0.4, 0.5) is 10.1 Å². The Morgan fingerprint density at radius 2 is 1.89 bits per heavy atom. The molecule has 2 aromatic carbocycles. The standard InChI is InChI=1S/C21H21FN2O4/c1-13(25)16-8-19-20(28-12-27-19)9-18(16)23-21(26)11-24(15-6-7-15)10-14-4-2-3-5-17(14)22/h2-5,8-9,15H,6-7,10-12H2,1H3,(H,23,26)/p+1. The molecule has 1 heterocycles. The minimum absolute atomic E-state index is 0.0896. The Balaban J connectivity index is 1.49. The number of ketones is 1. The summed E-state index contributed by atoms with van der Waals surface area (Å²) in [6.07, 6.45) is 2.06. The first kappa shape index (κ1) is 18.4. The van der Waals surface area contributed by atoms with Gasteiger partial charge >= 0.3 is 0 Å². The van der Waals surface area contributed by atoms with Crippen molar-refractivity contribution < 1.29 is 28.4 Å². The van der Waals surface area contributed by atoms with Crippen LogP contribution in [-0.4, -0.2) is 31.1 Å². The number of benzene rings is 2. The SMILES string of the molecule is CC(=O)c1cc2c(cc1NC(=O)C[NH+](Cc1ccccc1F)C1CC1)OCO2. The Morgan fingerprint density at radius 3 is 2.57 bits per heavy atom. The Hall–Kier alpha value is -2.93. The minimum atomic E-state index is -0.254. The summed E-state index contributed by atoms with van der Waals surface area (Å²) >= 11 is 0. The van der Waals surface area contributed by atoms with Gasteiger partial charge in [-0.1, -0.05) is 18.2 Å². The number of amides is 1. The Labute approximate surface area is 162 Å². The maximum absolute atomic E-state index is 14.0. The van der Waals surface area contributed by atoms with Gasteiger partial charge in [0.1, 0.15) is 12.4 Å². The number of Topliss-reactive ketones (excluding diaryl/α,β-unsaturated/α-hetero) is 1. The zero-order valence-corrected chi connectivity index (χ0v) is 15.6. The van der Waals surface area contributed by atoms with Crippen molar-refractivity contribution in [2.24, 2.45) is 0 Å². The molecule has 1 fully saturated rings. The average molecular weight is 385 g/mol. The van der Waals surface area contributed by atoms with Gasteiger partial charge in [-0.3, -0.25) is 9.59 Å². The maximum atomic E-state index is 14.0. The van der Waals surface area contributed by atoms with Gasteiger partial charge in [0.15, 0.2) is 23.8 Å². The summed E-state index contributed by atoms with van der Waals surface area (Å²) in [7, 11) is 0. The molecule has 4 rings (SSSR count). The highest BCUT2D eigenvalue weighted by molar-refractivity contribution is 6.04. The summed E-state index contributed by atoms with van der Waals surface area (Å²) in [6.45, 7) is 2.18. The summed E-state index contributed by atoms with van der Waals surface area (Å²) in [5.41, 5.74) is 1.38. The average Bonchev–Trinajstić information content (AvgIpc) is 3.40. The van der Waals surface area contributed by atoms with Crippen molar-refractivity contribution in [1.82, 2.24) is 0 Å². The molecule has 28 heavy (non-hydrogen) atoms. The van der Waals surface area contributed by atoms with Crippen molar-refractivity contribution in [2.45, 2.75) is 32.4 Å². The van der Waals surface area contributed by atoms with Crippen molar-refractivity contribution in [1.29, 1.82) is 0 Å². The lowest BCUT2D eigenvalue weighted by atomic mass is 10.1. The van der Waals surface area contributed by atoms with Gasteiger partial charge < -0.3 is 19.7 Å². The first-order valence-corrected chi connectivity index (χ1v) is 9.33. The van der Waals surface area contributed by atoms with Gasteiger partial charge in [-0.15, -0.1) is 0 Å². The molecule has 2 aromatic rings. The van der Waals surface area contributed by atoms with Gasteiger partial charge in [0, 0.05) is 30.0 Å². The number of fused-ring (bicyclic) bond motifs is 1. The lowest BCUT2D eigenvalue weighted by Gasteiger charge is -2.19. The molecule has 1 aliphatic heterocycles. The minimum Gasteiger partial charge on any atom is -0.454 e. The first-order valence-electron chi connectivity index (χ1n) is 9.33. The van der Waals surface area contributed by atoms with Crippen LogP contribution in [0.25, 0.3) is 0 Å². The molecule has 7 heteroatoms. The predicted octanol–water partition coefficient (Wildman–Crippen LogP) is 1.94. The molecule has 0 saturated heterocycles. The fourth-order valence-corrected chi connectivity index (χ4v) is 3.47. The van der Waals surface area contributed by atoms with E-state index in [-0.39, 0.29) is 30.8 Å². The molecule has 0 spiro atoms. The monoisotopic (exact) mass is 385 g/mol. The molecule has 0 radical (unpaired) electrons. The number of nitrogens with one attached hydrogen (secondary N) is 2. The van der Waals surface area contributed by atoms with Gasteiger partial charge in [-0.05, 0) is 19.1 Å². The quantitative estimate of drug-likeness (QED) is 0.715. The molecule has 0 aromatic heterocycles. The van der Waals surface area contributed by atoms with Crippen LogP contribution < -0.4 is 19.7 Å². The molecule has 2 aliphatic rings. The second-order valence-corrected chi connectivity index (χ2v) is 7.23. The molecule has 6 nitrogen and oxygen atoms in total. The van der Waals surface area contributed by atoms with E-state index in [9.17, 15) is 14.0 Å². The topological polar surface area (TPSA) is 69.1 Å². The largest absolute Gasteiger partial charge is 0.454 e. The normalized spacial score (nSPS) is 15.9. The Bertz CT molecular complexity index is 927. The lowest BCUT2D eigenvalue weighted by molar-refractivity contribution is -0.917. The summed E-state index contributed by atoms with van der Waals surface area (Å²) in [6, 6.07) is 10.2. The van der Waals surface area contributed by atoms with E-state index < -0.39 is 0 Å². The number of carbonyl (C=O) groups excluding carboxylic acids is 2. The van der Waals surface area contributed by atoms with Crippen molar-refractivity contribution in [3.8, 4) is 11.5 Å². The Kier molecular flexibility index (Phi) is 5.00. The third-order valence-corrected chi connectivity index (χ3v) is 5.08. The van der Waals surface area contributed by atoms with E-state index in [0.717, 1.165) is 17.7 Å². The van der Waals surface area contributed by atoms with E-state index in [1.54, 1.807) is 30.3 Å². The molecule has 1 atom stereocenters. The van der Waals surface area contributed by atoms with Crippen molar-refractivity contribution in [2.75, 3.05) is 18.7 Å². The van der Waals surface area contributed by atoms with Crippen LogP contribution in [0.2, 0.25) is 0 Å². The molecule has 1 saturated carbocycles. The molecule has 2 N–H and O–H groups in total. The zero-order valence-electron chi connectivity index (χ0n) is 15.6. The zero-order chi connectivity index (χ0) is 19.7. The predicted molar refractivity (Wildman–Crippen MR) is 100 cm³/mol. The third-order valence-electron chi connectivity index (χ3n) is 5.08. The molecule has 1 aliphatic carbocycles. The number of rotatable bonds is 7. The van der Waals surface area contributed by atoms with Crippen LogP contribution >= 0.6 is 0 Å². The van der Waals surface area contributed by atoms with Gasteiger partial charge in [0.2, 0.25) is 6.79 Å². The molecular formula is C21H22FN2O4+. The number of hydrogen-bond donors (Lipinski definition) is 2. The molecule has 146 valence electrons. The number of halogens is 1. The lowest BCUT2D eigenvalue weighted by Crippen LogP contribution is -3.13. The summed E-state index contributed by atoms with van der Waals surface area (Å²) in [4.78, 5) is 25.7. The number of anilines is 1. The van der Waals surface area contributed by atoms with Gasteiger partial charge in [0.05, 0.1) is 11.7 Å². The smallest absolute Gasteiger partial charge is 0.279 e. The van der Waals surface area contributed by atoms with E-state index in [2.05, 4.69) is 5.32 Å². The molecule has 1 unspecified atom stereocenters. The van der Waals surface area contributed by atoms with Crippen LogP contribution in [0, 0.1) is 5.82 Å². The molecule has 1 amide bonds. The highest BCUT2D eigenvalue weighted by Crippen LogP contribution is 2.37. The van der Waals surface area contributed by atoms with Crippen molar-refractivity contribution >= 4 is 17.4 Å². The second-order valence-electron chi connectivity index (χ2n) is 7.23. The van der Waals surface area contributed by atoms with Crippen LogP contribution in [0.5, 0.6) is 11.5 Å². The summed E-state index contributed by atoms with van der Waals surface area (Å²) in [5, 5.41) is 2.83. The van der Waals surface area contributed by atoms with Crippen LogP contribution in [0.1, 0.15) is 35.7 Å². The van der Waals surface area contributed by atoms with E-state index in [1.165, 1.54) is 13.0 Å². The van der Waals surface area contributed by atoms with Crippen LogP contribution in [0.15, 0.2) is 36.4 Å². The van der Waals surface area contributed by atoms with Gasteiger partial charge in [-0.2, -0.15) is 0 Å². The number of hydrogen-bond acceptors (Lipinski definition) is 4. The Morgan fingerprint density at radius 1 is 1.18 bits per heavy atom. The fraction of sp³-hybridized carbons (Fsp3) is 0.333. The maximum Gasteiger partial charge on any atom is 0.279 e. The first-order chi connectivity index (χ1) is 13.5. The highest BCUT2D eigenvalue weighted by Gasteiger charge is 2.35. The third kappa shape index (κ3) is 3.99. The van der Waals surface area contributed by atoms with E-state index in [0.29, 0.717) is 40.9 Å². The van der Waals surface area contributed by atoms with Gasteiger partial charge in [0.25, 0.3) is 5.91 Å². The van der Waals surface area contributed by atoms with Crippen LogP contribution in [-0.2, 0) is 11.3 Å². The number of quaternary nitrogens is 1. The van der Waals surface area contributed by atoms with E-state index in [4.69, 9.17) is 9.47 Å². The highest BCUT2D eigenvalue weighted by atomic mass is 19.1. The van der Waals surface area contributed by atoms with E-state index >= 15 is 0 Å². The molecule has 0 bridgehead atoms. The van der Waals surface area contributed by atoms with Crippen LogP contribution in [0.3, 0.4) is 0 Å². The van der Waals surface area contributed by atoms with Crippen molar-refractivity contribution in [3.05, 3.63) is 53.3 Å². The fourth-order valence-electron chi connectivity index (χ4n) is 3.47. The van der Waals surface area contributed by atoms with Crippen molar-refractivity contribution in [3.63, 3.8) is 0 Å². The van der Waals surface area contributed by atoms with Gasteiger partial charge in [-0.25, -0.2) is 4.39 Å².